The minimum absolute atomic E-state index is 0.368. The van der Waals surface area contributed by atoms with E-state index in [1.165, 1.54) is 0 Å². The maximum atomic E-state index is 12.5. The van der Waals surface area contributed by atoms with Gasteiger partial charge in [0.15, 0.2) is 6.10 Å². The van der Waals surface area contributed by atoms with Gasteiger partial charge in [-0.1, -0.05) is 18.2 Å². The van der Waals surface area contributed by atoms with E-state index in [0.29, 0.717) is 26.2 Å². The van der Waals surface area contributed by atoms with E-state index >= 15 is 0 Å². The molecule has 0 aliphatic carbocycles. The summed E-state index contributed by atoms with van der Waals surface area (Å²) >= 11 is 0. The van der Waals surface area contributed by atoms with Gasteiger partial charge in [0.2, 0.25) is 0 Å². The molecule has 1 aliphatic heterocycles. The van der Waals surface area contributed by atoms with Gasteiger partial charge in [0.05, 0.1) is 5.52 Å². The fourth-order valence-electron chi connectivity index (χ4n) is 3.07. The predicted molar refractivity (Wildman–Crippen MR) is 87.2 cm³/mol. The van der Waals surface area contributed by atoms with Gasteiger partial charge in [0, 0.05) is 49.5 Å². The minimum atomic E-state index is -4.56. The van der Waals surface area contributed by atoms with Crippen LogP contribution in [-0.2, 0) is 0 Å². The molecule has 1 unspecified atom stereocenters. The molecule has 3 rings (SSSR count). The minimum Gasteiger partial charge on any atom is -0.382 e. The van der Waals surface area contributed by atoms with Gasteiger partial charge in [-0.3, -0.25) is 9.88 Å². The van der Waals surface area contributed by atoms with Crippen LogP contribution in [0.5, 0.6) is 0 Å². The highest BCUT2D eigenvalue weighted by atomic mass is 19.4. The van der Waals surface area contributed by atoms with Crippen molar-refractivity contribution >= 4 is 16.6 Å². The number of aliphatic hydroxyl groups is 1. The molecule has 7 heteroatoms. The van der Waals surface area contributed by atoms with E-state index in [1.54, 1.807) is 4.90 Å². The second-order valence-electron chi connectivity index (χ2n) is 6.14. The number of aryl methyl sites for hydroxylation is 1. The lowest BCUT2D eigenvalue weighted by Crippen LogP contribution is -2.50. The monoisotopic (exact) mass is 339 g/mol. The van der Waals surface area contributed by atoms with E-state index in [0.717, 1.165) is 22.3 Å². The number of alkyl halides is 3. The largest absolute Gasteiger partial charge is 0.415 e. The number of halogens is 3. The number of fused-ring (bicyclic) bond motifs is 1. The van der Waals surface area contributed by atoms with Crippen molar-refractivity contribution in [1.82, 2.24) is 9.88 Å². The van der Waals surface area contributed by atoms with Gasteiger partial charge in [-0.05, 0) is 19.1 Å². The SMILES string of the molecule is Cc1cc(N2CCN(CC(O)C(F)(F)F)CC2)c2ccccc2n1. The van der Waals surface area contributed by atoms with Crippen molar-refractivity contribution in [3.8, 4) is 0 Å². The van der Waals surface area contributed by atoms with Crippen molar-refractivity contribution in [2.75, 3.05) is 37.6 Å². The van der Waals surface area contributed by atoms with Crippen LogP contribution in [0.1, 0.15) is 5.69 Å². The summed E-state index contributed by atoms with van der Waals surface area (Å²) in [6.45, 7) is 3.79. The van der Waals surface area contributed by atoms with Crippen LogP contribution in [0.2, 0.25) is 0 Å². The van der Waals surface area contributed by atoms with E-state index < -0.39 is 12.3 Å². The molecule has 0 amide bonds. The first kappa shape index (κ1) is 17.0. The Morgan fingerprint density at radius 1 is 1.17 bits per heavy atom. The van der Waals surface area contributed by atoms with Crippen molar-refractivity contribution in [3.05, 3.63) is 36.0 Å². The second kappa shape index (κ2) is 6.57. The Balaban J connectivity index is 1.71. The van der Waals surface area contributed by atoms with Gasteiger partial charge in [-0.25, -0.2) is 0 Å². The quantitative estimate of drug-likeness (QED) is 0.933. The van der Waals surface area contributed by atoms with Crippen molar-refractivity contribution < 1.29 is 18.3 Å². The Labute approximate surface area is 138 Å². The number of benzene rings is 1. The molecule has 1 aromatic carbocycles. The highest BCUT2D eigenvalue weighted by Crippen LogP contribution is 2.28. The Hall–Kier alpha value is -1.86. The predicted octanol–water partition coefficient (Wildman–Crippen LogP) is 2.59. The van der Waals surface area contributed by atoms with Crippen LogP contribution in [0.25, 0.3) is 10.9 Å². The summed E-state index contributed by atoms with van der Waals surface area (Å²) in [4.78, 5) is 8.35. The number of anilines is 1. The molecule has 1 aromatic heterocycles. The molecular formula is C17H20F3N3O. The molecular weight excluding hydrogens is 319 g/mol. The highest BCUT2D eigenvalue weighted by Gasteiger charge is 2.39. The summed E-state index contributed by atoms with van der Waals surface area (Å²) in [5.74, 6) is 0. The number of piperazine rings is 1. The molecule has 4 nitrogen and oxygen atoms in total. The molecule has 24 heavy (non-hydrogen) atoms. The molecule has 1 saturated heterocycles. The number of pyridine rings is 1. The van der Waals surface area contributed by atoms with Crippen LogP contribution in [0.15, 0.2) is 30.3 Å². The van der Waals surface area contributed by atoms with Crippen LogP contribution >= 0.6 is 0 Å². The standard InChI is InChI=1S/C17H20F3N3O/c1-12-10-15(13-4-2-3-5-14(13)21-12)23-8-6-22(7-9-23)11-16(24)17(18,19)20/h2-5,10,16,24H,6-9,11H2,1H3. The summed E-state index contributed by atoms with van der Waals surface area (Å²) in [7, 11) is 0. The molecule has 1 fully saturated rings. The number of hydrogen-bond acceptors (Lipinski definition) is 4. The third-order valence-corrected chi connectivity index (χ3v) is 4.34. The summed E-state index contributed by atoms with van der Waals surface area (Å²) in [6, 6.07) is 9.88. The Morgan fingerprint density at radius 3 is 2.50 bits per heavy atom. The van der Waals surface area contributed by atoms with E-state index in [9.17, 15) is 18.3 Å². The summed E-state index contributed by atoms with van der Waals surface area (Å²) < 4.78 is 37.4. The van der Waals surface area contributed by atoms with E-state index in [1.807, 2.05) is 37.3 Å². The summed E-state index contributed by atoms with van der Waals surface area (Å²) in [6.07, 6.45) is -6.84. The molecule has 0 bridgehead atoms. The van der Waals surface area contributed by atoms with Crippen LogP contribution < -0.4 is 4.90 Å². The molecule has 1 atom stereocenters. The van der Waals surface area contributed by atoms with Gasteiger partial charge in [0.25, 0.3) is 0 Å². The first-order chi connectivity index (χ1) is 11.3. The van der Waals surface area contributed by atoms with Crippen molar-refractivity contribution in [2.24, 2.45) is 0 Å². The molecule has 1 N–H and O–H groups in total. The van der Waals surface area contributed by atoms with Gasteiger partial charge in [-0.15, -0.1) is 0 Å². The number of para-hydroxylation sites is 1. The summed E-state index contributed by atoms with van der Waals surface area (Å²) in [5.41, 5.74) is 2.90. The number of hydrogen-bond donors (Lipinski definition) is 1. The molecule has 2 aromatic rings. The van der Waals surface area contributed by atoms with E-state index in [-0.39, 0.29) is 6.54 Å². The third-order valence-electron chi connectivity index (χ3n) is 4.34. The number of nitrogens with zero attached hydrogens (tertiary/aromatic N) is 3. The van der Waals surface area contributed by atoms with Crippen molar-refractivity contribution in [1.29, 1.82) is 0 Å². The normalized spacial score (nSPS) is 18.1. The molecule has 0 radical (unpaired) electrons. The Bertz CT molecular complexity index is 712. The lowest BCUT2D eigenvalue weighted by molar-refractivity contribution is -0.208. The van der Waals surface area contributed by atoms with E-state index in [4.69, 9.17) is 0 Å². The maximum absolute atomic E-state index is 12.5. The fraction of sp³-hybridized carbons (Fsp3) is 0.471. The average molecular weight is 339 g/mol. The molecule has 130 valence electrons. The first-order valence-electron chi connectivity index (χ1n) is 7.93. The van der Waals surface area contributed by atoms with Gasteiger partial charge in [0.1, 0.15) is 0 Å². The zero-order valence-electron chi connectivity index (χ0n) is 13.4. The molecule has 1 aliphatic rings. The molecule has 0 saturated carbocycles. The van der Waals surface area contributed by atoms with Crippen molar-refractivity contribution in [3.63, 3.8) is 0 Å². The van der Waals surface area contributed by atoms with Crippen LogP contribution in [0, 0.1) is 6.92 Å². The highest BCUT2D eigenvalue weighted by molar-refractivity contribution is 5.92. The topological polar surface area (TPSA) is 39.6 Å². The number of aliphatic hydroxyl groups excluding tert-OH is 1. The molecule has 0 spiro atoms. The average Bonchev–Trinajstić information content (AvgIpc) is 2.54. The number of aromatic nitrogens is 1. The fourth-order valence-corrected chi connectivity index (χ4v) is 3.07. The second-order valence-corrected chi connectivity index (χ2v) is 6.14. The number of β-amino-alcohol motifs (C(OH)–C–C–N with tert-alkyl or cyclic N) is 1. The van der Waals surface area contributed by atoms with Gasteiger partial charge in [-0.2, -0.15) is 13.2 Å². The van der Waals surface area contributed by atoms with Crippen molar-refractivity contribution in [2.45, 2.75) is 19.2 Å². The third kappa shape index (κ3) is 3.62. The lowest BCUT2D eigenvalue weighted by Gasteiger charge is -2.37. The van der Waals surface area contributed by atoms with Crippen LogP contribution in [-0.4, -0.2) is 60.0 Å². The first-order valence-corrected chi connectivity index (χ1v) is 7.93. The van der Waals surface area contributed by atoms with Gasteiger partial charge >= 0.3 is 6.18 Å². The van der Waals surface area contributed by atoms with Crippen LogP contribution in [0.4, 0.5) is 18.9 Å². The van der Waals surface area contributed by atoms with E-state index in [2.05, 4.69) is 9.88 Å². The lowest BCUT2D eigenvalue weighted by atomic mass is 10.1. The smallest absolute Gasteiger partial charge is 0.382 e. The Morgan fingerprint density at radius 2 is 1.83 bits per heavy atom. The number of rotatable bonds is 3. The van der Waals surface area contributed by atoms with Gasteiger partial charge < -0.3 is 10.0 Å². The van der Waals surface area contributed by atoms with Crippen LogP contribution in [0.3, 0.4) is 0 Å². The zero-order chi connectivity index (χ0) is 17.3. The Kier molecular flexibility index (Phi) is 4.64. The maximum Gasteiger partial charge on any atom is 0.415 e. The zero-order valence-corrected chi connectivity index (χ0v) is 13.4. The molecule has 2 heterocycles. The summed E-state index contributed by atoms with van der Waals surface area (Å²) in [5, 5.41) is 10.3.